The van der Waals surface area contributed by atoms with E-state index in [4.69, 9.17) is 0 Å². The molecule has 1 aromatic heterocycles. The Kier molecular flexibility index (Phi) is 5.24. The van der Waals surface area contributed by atoms with Crippen LogP contribution in [0.1, 0.15) is 26.7 Å². The number of aromatic nitrogens is 1. The zero-order valence-electron chi connectivity index (χ0n) is 13.2. The SMILES string of the molecule is CCC1(CC)CN(c2ccc(S(=O)(=O)NC)cn2)CCS1=O. The van der Waals surface area contributed by atoms with Crippen molar-refractivity contribution in [1.29, 1.82) is 0 Å². The predicted octanol–water partition coefficient (Wildman–Crippen LogP) is 1.12. The zero-order valence-corrected chi connectivity index (χ0v) is 14.8. The maximum absolute atomic E-state index is 12.4. The Bertz CT molecular complexity index is 640. The van der Waals surface area contributed by atoms with Crippen LogP contribution in [0.3, 0.4) is 0 Å². The summed E-state index contributed by atoms with van der Waals surface area (Å²) in [5.74, 6) is 1.36. The molecular weight excluding hydrogens is 322 g/mol. The van der Waals surface area contributed by atoms with Gasteiger partial charge >= 0.3 is 0 Å². The molecule has 2 rings (SSSR count). The summed E-state index contributed by atoms with van der Waals surface area (Å²) < 4.78 is 37.9. The van der Waals surface area contributed by atoms with Crippen LogP contribution in [0.2, 0.25) is 0 Å². The predicted molar refractivity (Wildman–Crippen MR) is 89.0 cm³/mol. The Balaban J connectivity index is 2.24. The minimum atomic E-state index is -3.47. The highest BCUT2D eigenvalue weighted by molar-refractivity contribution is 7.89. The summed E-state index contributed by atoms with van der Waals surface area (Å²) in [6, 6.07) is 3.27. The fourth-order valence-corrected chi connectivity index (χ4v) is 5.17. The van der Waals surface area contributed by atoms with Gasteiger partial charge < -0.3 is 4.90 Å². The summed E-state index contributed by atoms with van der Waals surface area (Å²) >= 11 is 0. The molecule has 2 heterocycles. The van der Waals surface area contributed by atoms with Crippen molar-refractivity contribution >= 4 is 26.6 Å². The van der Waals surface area contributed by atoms with Gasteiger partial charge in [0.05, 0.1) is 4.75 Å². The van der Waals surface area contributed by atoms with E-state index in [0.717, 1.165) is 18.7 Å². The molecule has 1 aromatic rings. The molecule has 0 bridgehead atoms. The summed E-state index contributed by atoms with van der Waals surface area (Å²) in [6.45, 7) is 5.51. The molecule has 0 radical (unpaired) electrons. The fraction of sp³-hybridized carbons (Fsp3) is 0.643. The third kappa shape index (κ3) is 3.18. The maximum Gasteiger partial charge on any atom is 0.241 e. The summed E-state index contributed by atoms with van der Waals surface area (Å²) in [5, 5.41) is 0. The molecule has 6 nitrogen and oxygen atoms in total. The number of nitrogens with one attached hydrogen (secondary N) is 1. The molecule has 1 unspecified atom stereocenters. The second-order valence-electron chi connectivity index (χ2n) is 5.42. The number of hydrogen-bond acceptors (Lipinski definition) is 5. The van der Waals surface area contributed by atoms with Crippen LogP contribution in [-0.2, 0) is 20.8 Å². The standard InChI is InChI=1S/C14H23N3O3S2/c1-4-14(5-2)11-17(8-9-21(14)18)13-7-6-12(10-16-13)22(19,20)15-3/h6-7,10,15H,4-5,8-9,11H2,1-3H3. The van der Waals surface area contributed by atoms with Gasteiger partial charge in [0.2, 0.25) is 10.0 Å². The fourth-order valence-electron chi connectivity index (χ4n) is 2.74. The van der Waals surface area contributed by atoms with Gasteiger partial charge in [-0.3, -0.25) is 4.21 Å². The van der Waals surface area contributed by atoms with E-state index >= 15 is 0 Å². The van der Waals surface area contributed by atoms with Gasteiger partial charge in [-0.15, -0.1) is 0 Å². The lowest BCUT2D eigenvalue weighted by Gasteiger charge is -2.41. The Morgan fingerprint density at radius 1 is 1.36 bits per heavy atom. The van der Waals surface area contributed by atoms with Crippen LogP contribution >= 0.6 is 0 Å². The lowest BCUT2D eigenvalue weighted by molar-refractivity contribution is 0.494. The van der Waals surface area contributed by atoms with Gasteiger partial charge in [0.1, 0.15) is 10.7 Å². The molecule has 0 spiro atoms. The van der Waals surface area contributed by atoms with Crippen LogP contribution in [0.15, 0.2) is 23.2 Å². The van der Waals surface area contributed by atoms with E-state index in [9.17, 15) is 12.6 Å². The lowest BCUT2D eigenvalue weighted by Crippen LogP contribution is -2.53. The van der Waals surface area contributed by atoms with Crippen LogP contribution in [0.4, 0.5) is 5.82 Å². The topological polar surface area (TPSA) is 79.4 Å². The van der Waals surface area contributed by atoms with E-state index in [0.29, 0.717) is 18.8 Å². The number of hydrogen-bond donors (Lipinski definition) is 1. The minimum absolute atomic E-state index is 0.150. The second-order valence-corrected chi connectivity index (χ2v) is 9.27. The van der Waals surface area contributed by atoms with Crippen molar-refractivity contribution in [3.8, 4) is 0 Å². The molecule has 22 heavy (non-hydrogen) atoms. The van der Waals surface area contributed by atoms with Crippen molar-refractivity contribution in [2.75, 3.05) is 30.8 Å². The van der Waals surface area contributed by atoms with Gasteiger partial charge in [-0.2, -0.15) is 0 Å². The van der Waals surface area contributed by atoms with E-state index in [1.807, 2.05) is 0 Å². The van der Waals surface area contributed by atoms with Crippen LogP contribution in [0.25, 0.3) is 0 Å². The van der Waals surface area contributed by atoms with Crippen molar-refractivity contribution < 1.29 is 12.6 Å². The van der Waals surface area contributed by atoms with Gasteiger partial charge in [-0.25, -0.2) is 18.1 Å². The highest BCUT2D eigenvalue weighted by Gasteiger charge is 2.39. The number of pyridine rings is 1. The van der Waals surface area contributed by atoms with Crippen molar-refractivity contribution in [3.63, 3.8) is 0 Å². The van der Waals surface area contributed by atoms with E-state index in [2.05, 4.69) is 28.5 Å². The molecule has 0 amide bonds. The highest BCUT2D eigenvalue weighted by Crippen LogP contribution is 2.30. The Morgan fingerprint density at radius 3 is 2.55 bits per heavy atom. The first-order valence-electron chi connectivity index (χ1n) is 7.41. The normalized spacial score (nSPS) is 21.8. The third-order valence-electron chi connectivity index (χ3n) is 4.42. The first kappa shape index (κ1) is 17.4. The van der Waals surface area contributed by atoms with Gasteiger partial charge in [0, 0.05) is 35.8 Å². The first-order valence-corrected chi connectivity index (χ1v) is 10.2. The smallest absolute Gasteiger partial charge is 0.241 e. The van der Waals surface area contributed by atoms with Crippen LogP contribution < -0.4 is 9.62 Å². The summed E-state index contributed by atoms with van der Waals surface area (Å²) in [4.78, 5) is 6.53. The van der Waals surface area contributed by atoms with Crippen LogP contribution in [-0.4, -0.2) is 48.2 Å². The number of rotatable bonds is 5. The van der Waals surface area contributed by atoms with Gasteiger partial charge in [-0.05, 0) is 32.0 Å². The zero-order chi connectivity index (χ0) is 16.4. The van der Waals surface area contributed by atoms with E-state index < -0.39 is 20.8 Å². The maximum atomic E-state index is 12.4. The van der Waals surface area contributed by atoms with Crippen molar-refractivity contribution in [2.24, 2.45) is 0 Å². The molecule has 124 valence electrons. The molecule has 1 aliphatic heterocycles. The molecule has 1 fully saturated rings. The first-order chi connectivity index (χ1) is 10.4. The molecule has 1 atom stereocenters. The quantitative estimate of drug-likeness (QED) is 0.865. The lowest BCUT2D eigenvalue weighted by atomic mass is 10.0. The molecule has 0 saturated carbocycles. The summed E-state index contributed by atoms with van der Waals surface area (Å²) in [6.07, 6.45) is 3.09. The molecule has 1 aliphatic rings. The number of nitrogens with zero attached hydrogens (tertiary/aromatic N) is 2. The molecule has 1 saturated heterocycles. The van der Waals surface area contributed by atoms with E-state index in [1.165, 1.54) is 13.2 Å². The summed E-state index contributed by atoms with van der Waals surface area (Å²) in [7, 11) is -2.92. The minimum Gasteiger partial charge on any atom is -0.354 e. The highest BCUT2D eigenvalue weighted by atomic mass is 32.2. The monoisotopic (exact) mass is 345 g/mol. The molecular formula is C14H23N3O3S2. The number of anilines is 1. The summed E-state index contributed by atoms with van der Waals surface area (Å²) in [5.41, 5.74) is 0. The average Bonchev–Trinajstić information content (AvgIpc) is 2.56. The van der Waals surface area contributed by atoms with Crippen molar-refractivity contribution in [1.82, 2.24) is 9.71 Å². The molecule has 8 heteroatoms. The van der Waals surface area contributed by atoms with Gasteiger partial charge in [0.25, 0.3) is 0 Å². The average molecular weight is 345 g/mol. The van der Waals surface area contributed by atoms with E-state index in [-0.39, 0.29) is 9.64 Å². The Morgan fingerprint density at radius 2 is 2.05 bits per heavy atom. The van der Waals surface area contributed by atoms with E-state index in [1.54, 1.807) is 12.1 Å². The third-order valence-corrected chi connectivity index (χ3v) is 8.05. The molecule has 0 aromatic carbocycles. The Labute approximate surface area is 134 Å². The largest absolute Gasteiger partial charge is 0.354 e. The van der Waals surface area contributed by atoms with Gasteiger partial charge in [-0.1, -0.05) is 13.8 Å². The number of sulfonamides is 1. The van der Waals surface area contributed by atoms with Crippen molar-refractivity contribution in [2.45, 2.75) is 36.3 Å². The Hall–Kier alpha value is -0.990. The van der Waals surface area contributed by atoms with Gasteiger partial charge in [0.15, 0.2) is 0 Å². The second kappa shape index (κ2) is 6.64. The van der Waals surface area contributed by atoms with Crippen LogP contribution in [0.5, 0.6) is 0 Å². The molecule has 0 aliphatic carbocycles. The van der Waals surface area contributed by atoms with Crippen molar-refractivity contribution in [3.05, 3.63) is 18.3 Å². The van der Waals surface area contributed by atoms with Crippen LogP contribution in [0, 0.1) is 0 Å². The molecule has 1 N–H and O–H groups in total.